The molecular weight excluding hydrogens is 485 g/mol. The van der Waals surface area contributed by atoms with Gasteiger partial charge in [-0.1, -0.05) is 13.8 Å². The van der Waals surface area contributed by atoms with E-state index in [0.29, 0.717) is 24.6 Å². The Morgan fingerprint density at radius 2 is 1.83 bits per heavy atom. The maximum absolute atomic E-state index is 11.9. The van der Waals surface area contributed by atoms with Crippen LogP contribution >= 0.6 is 24.0 Å². The second-order valence-electron chi connectivity index (χ2n) is 7.78. The first-order valence-electron chi connectivity index (χ1n) is 10.8. The molecule has 2 aliphatic heterocycles. The Morgan fingerprint density at radius 3 is 2.38 bits per heavy atom. The predicted octanol–water partition coefficient (Wildman–Crippen LogP) is 2.14. The van der Waals surface area contributed by atoms with Gasteiger partial charge < -0.3 is 25.0 Å². The van der Waals surface area contributed by atoms with Crippen molar-refractivity contribution in [2.75, 3.05) is 59.1 Å². The first-order valence-corrected chi connectivity index (χ1v) is 10.8. The minimum atomic E-state index is -0.202. The van der Waals surface area contributed by atoms with Gasteiger partial charge in [-0.3, -0.25) is 9.89 Å². The number of amides is 1. The molecule has 0 aromatic carbocycles. The molecule has 0 aromatic heterocycles. The summed E-state index contributed by atoms with van der Waals surface area (Å²) < 4.78 is 10.6. The minimum absolute atomic E-state index is 0. The van der Waals surface area contributed by atoms with E-state index in [-0.39, 0.29) is 30.1 Å². The van der Waals surface area contributed by atoms with Crippen molar-refractivity contribution >= 4 is 36.0 Å². The lowest BCUT2D eigenvalue weighted by molar-refractivity contribution is 0.00867. The van der Waals surface area contributed by atoms with Crippen molar-refractivity contribution in [3.05, 3.63) is 0 Å². The summed E-state index contributed by atoms with van der Waals surface area (Å²) in [5.74, 6) is 1.41. The Kier molecular flexibility index (Phi) is 12.9. The number of morpholine rings is 1. The van der Waals surface area contributed by atoms with Crippen molar-refractivity contribution < 1.29 is 14.3 Å². The molecule has 29 heavy (non-hydrogen) atoms. The van der Waals surface area contributed by atoms with Crippen molar-refractivity contribution in [2.45, 2.75) is 52.6 Å². The third-order valence-electron chi connectivity index (χ3n) is 5.43. The van der Waals surface area contributed by atoms with E-state index in [0.717, 1.165) is 71.3 Å². The van der Waals surface area contributed by atoms with Crippen LogP contribution < -0.4 is 10.6 Å². The highest BCUT2D eigenvalue weighted by Crippen LogP contribution is 2.14. The molecule has 2 aliphatic rings. The smallest absolute Gasteiger partial charge is 0.409 e. The Balaban J connectivity index is 0.00000420. The molecule has 8 nitrogen and oxygen atoms in total. The number of nitrogens with zero attached hydrogens (tertiary/aromatic N) is 3. The van der Waals surface area contributed by atoms with E-state index in [1.807, 2.05) is 6.92 Å². The van der Waals surface area contributed by atoms with E-state index < -0.39 is 0 Å². The summed E-state index contributed by atoms with van der Waals surface area (Å²) in [5.41, 5.74) is 0. The third-order valence-corrected chi connectivity index (χ3v) is 5.43. The Bertz CT molecular complexity index is 493. The highest BCUT2D eigenvalue weighted by Gasteiger charge is 2.25. The number of hydrogen-bond acceptors (Lipinski definition) is 5. The fraction of sp³-hybridized carbons (Fsp3) is 0.900. The SMILES string of the molecule is CCNC(=NCC(C(C)C)N1CCOCC1)NC1CCN(C(=O)OCC)CC1.I. The van der Waals surface area contributed by atoms with E-state index in [9.17, 15) is 4.79 Å². The molecule has 1 amide bonds. The topological polar surface area (TPSA) is 78.4 Å². The maximum atomic E-state index is 11.9. The fourth-order valence-corrected chi connectivity index (χ4v) is 3.78. The Labute approximate surface area is 193 Å². The molecular formula is C20H40IN5O3. The first kappa shape index (κ1) is 26.2. The number of halogens is 1. The van der Waals surface area contributed by atoms with E-state index >= 15 is 0 Å². The number of ether oxygens (including phenoxy) is 2. The Morgan fingerprint density at radius 1 is 1.17 bits per heavy atom. The van der Waals surface area contributed by atoms with Gasteiger partial charge in [0.2, 0.25) is 0 Å². The standard InChI is InChI=1S/C20H39N5O3.HI/c1-5-21-19(22-15-18(16(3)4)24-11-13-27-14-12-24)23-17-7-9-25(10-8-17)20(26)28-6-2;/h16-18H,5-15H2,1-4H3,(H2,21,22,23);1H. The molecule has 1 unspecified atom stereocenters. The molecule has 9 heteroatoms. The summed E-state index contributed by atoms with van der Waals surface area (Å²) in [5, 5.41) is 6.93. The number of rotatable bonds is 7. The van der Waals surface area contributed by atoms with Crippen LogP contribution in [0.3, 0.4) is 0 Å². The molecule has 2 rings (SSSR count). The van der Waals surface area contributed by atoms with E-state index in [1.165, 1.54) is 0 Å². The van der Waals surface area contributed by atoms with Gasteiger partial charge in [-0.05, 0) is 32.6 Å². The molecule has 0 bridgehead atoms. The predicted molar refractivity (Wildman–Crippen MR) is 127 cm³/mol. The largest absolute Gasteiger partial charge is 0.450 e. The zero-order valence-corrected chi connectivity index (χ0v) is 20.8. The molecule has 170 valence electrons. The highest BCUT2D eigenvalue weighted by atomic mass is 127. The van der Waals surface area contributed by atoms with Gasteiger partial charge >= 0.3 is 6.09 Å². The third kappa shape index (κ3) is 8.84. The van der Waals surface area contributed by atoms with Gasteiger partial charge in [0.15, 0.2) is 5.96 Å². The lowest BCUT2D eigenvalue weighted by atomic mass is 10.0. The number of piperidine rings is 1. The summed E-state index contributed by atoms with van der Waals surface area (Å²) in [6.45, 7) is 15.5. The van der Waals surface area contributed by atoms with Gasteiger partial charge in [0.05, 0.1) is 26.4 Å². The molecule has 2 heterocycles. The van der Waals surface area contributed by atoms with Crippen LogP contribution in [0.15, 0.2) is 4.99 Å². The molecule has 0 spiro atoms. The van der Waals surface area contributed by atoms with E-state index in [1.54, 1.807) is 4.90 Å². The van der Waals surface area contributed by atoms with Crippen LogP contribution in [-0.4, -0.2) is 93.0 Å². The van der Waals surface area contributed by atoms with Gasteiger partial charge in [-0.15, -0.1) is 24.0 Å². The van der Waals surface area contributed by atoms with Crippen LogP contribution in [0.4, 0.5) is 4.79 Å². The number of carbonyl (C=O) groups excluding carboxylic acids is 1. The zero-order chi connectivity index (χ0) is 20.4. The van der Waals surface area contributed by atoms with Crippen molar-refractivity contribution in [1.82, 2.24) is 20.4 Å². The highest BCUT2D eigenvalue weighted by molar-refractivity contribution is 14.0. The molecule has 0 aliphatic carbocycles. The van der Waals surface area contributed by atoms with Gasteiger partial charge in [-0.25, -0.2) is 4.79 Å². The number of nitrogens with one attached hydrogen (secondary N) is 2. The van der Waals surface area contributed by atoms with E-state index in [4.69, 9.17) is 14.5 Å². The number of carbonyl (C=O) groups is 1. The van der Waals surface area contributed by atoms with Crippen LogP contribution in [0.25, 0.3) is 0 Å². The summed E-state index contributed by atoms with van der Waals surface area (Å²) in [7, 11) is 0. The summed E-state index contributed by atoms with van der Waals surface area (Å²) in [4.78, 5) is 21.0. The number of hydrogen-bond donors (Lipinski definition) is 2. The van der Waals surface area contributed by atoms with Gasteiger partial charge in [-0.2, -0.15) is 0 Å². The molecule has 2 saturated heterocycles. The average Bonchev–Trinajstić information content (AvgIpc) is 2.69. The van der Waals surface area contributed by atoms with Crippen molar-refractivity contribution in [1.29, 1.82) is 0 Å². The molecule has 0 radical (unpaired) electrons. The van der Waals surface area contributed by atoms with Crippen LogP contribution in [0, 0.1) is 5.92 Å². The van der Waals surface area contributed by atoms with Crippen molar-refractivity contribution in [2.24, 2.45) is 10.9 Å². The van der Waals surface area contributed by atoms with E-state index in [2.05, 4.69) is 36.3 Å². The van der Waals surface area contributed by atoms with Gasteiger partial charge in [0, 0.05) is 44.8 Å². The van der Waals surface area contributed by atoms with Gasteiger partial charge in [0.1, 0.15) is 0 Å². The first-order chi connectivity index (χ1) is 13.5. The van der Waals surface area contributed by atoms with Crippen LogP contribution in [0.2, 0.25) is 0 Å². The van der Waals surface area contributed by atoms with Crippen LogP contribution in [-0.2, 0) is 9.47 Å². The number of aliphatic imine (C=N–C) groups is 1. The molecule has 0 aromatic rings. The second kappa shape index (κ2) is 14.2. The minimum Gasteiger partial charge on any atom is -0.450 e. The van der Waals surface area contributed by atoms with Crippen molar-refractivity contribution in [3.63, 3.8) is 0 Å². The number of likely N-dealkylation sites (tertiary alicyclic amines) is 1. The van der Waals surface area contributed by atoms with Crippen molar-refractivity contribution in [3.8, 4) is 0 Å². The number of guanidine groups is 1. The van der Waals surface area contributed by atoms with Crippen LogP contribution in [0.5, 0.6) is 0 Å². The van der Waals surface area contributed by atoms with Gasteiger partial charge in [0.25, 0.3) is 0 Å². The zero-order valence-electron chi connectivity index (χ0n) is 18.5. The molecule has 0 saturated carbocycles. The average molecular weight is 525 g/mol. The lowest BCUT2D eigenvalue weighted by Crippen LogP contribution is -2.51. The molecule has 2 fully saturated rings. The lowest BCUT2D eigenvalue weighted by Gasteiger charge is -2.36. The Hall–Kier alpha value is -0.810. The normalized spacial score (nSPS) is 20.2. The molecule has 2 N–H and O–H groups in total. The second-order valence-corrected chi connectivity index (χ2v) is 7.78. The quantitative estimate of drug-likeness (QED) is 0.302. The summed E-state index contributed by atoms with van der Waals surface area (Å²) in [6, 6.07) is 0.745. The molecule has 1 atom stereocenters. The summed E-state index contributed by atoms with van der Waals surface area (Å²) >= 11 is 0. The monoisotopic (exact) mass is 525 g/mol. The fourth-order valence-electron chi connectivity index (χ4n) is 3.78. The van der Waals surface area contributed by atoms with Crippen LogP contribution in [0.1, 0.15) is 40.5 Å². The maximum Gasteiger partial charge on any atom is 0.409 e. The summed E-state index contributed by atoms with van der Waals surface area (Å²) in [6.07, 6.45) is 1.60.